The highest BCUT2D eigenvalue weighted by Gasteiger charge is 2.45. The number of fused-ring (bicyclic) bond motifs is 1. The number of para-hydroxylation sites is 1. The van der Waals surface area contributed by atoms with Gasteiger partial charge in [-0.15, -0.1) is 0 Å². The minimum atomic E-state index is 0.140. The number of benzene rings is 1. The van der Waals surface area contributed by atoms with Gasteiger partial charge in [0.25, 0.3) is 0 Å². The first kappa shape index (κ1) is 12.0. The predicted molar refractivity (Wildman–Crippen MR) is 76.0 cm³/mol. The Morgan fingerprint density at radius 1 is 1.39 bits per heavy atom. The van der Waals surface area contributed by atoms with Gasteiger partial charge in [0.2, 0.25) is 0 Å². The second kappa shape index (κ2) is 4.25. The summed E-state index contributed by atoms with van der Waals surface area (Å²) in [6.07, 6.45) is 2.34. The van der Waals surface area contributed by atoms with Gasteiger partial charge < -0.3 is 15.5 Å². The molecule has 0 saturated carbocycles. The van der Waals surface area contributed by atoms with Crippen LogP contribution in [0.5, 0.6) is 0 Å². The van der Waals surface area contributed by atoms with Crippen LogP contribution in [0.1, 0.15) is 18.9 Å². The molecule has 2 N–H and O–H groups in total. The lowest BCUT2D eigenvalue weighted by Gasteiger charge is -2.40. The third-order valence-corrected chi connectivity index (χ3v) is 4.81. The fraction of sp³-hybridized carbons (Fsp3) is 0.600. The average Bonchev–Trinajstić information content (AvgIpc) is 2.92. The molecule has 0 radical (unpaired) electrons. The lowest BCUT2D eigenvalue weighted by molar-refractivity contribution is 0.317. The maximum absolute atomic E-state index is 6.16. The van der Waals surface area contributed by atoms with E-state index in [-0.39, 0.29) is 5.54 Å². The Kier molecular flexibility index (Phi) is 2.83. The highest BCUT2D eigenvalue weighted by atomic mass is 15.3. The summed E-state index contributed by atoms with van der Waals surface area (Å²) < 4.78 is 0. The van der Waals surface area contributed by atoms with Gasteiger partial charge in [0.15, 0.2) is 0 Å². The number of likely N-dealkylation sites (N-methyl/N-ethyl adjacent to an activating group) is 1. The van der Waals surface area contributed by atoms with Crippen molar-refractivity contribution < 1.29 is 0 Å². The van der Waals surface area contributed by atoms with Crippen molar-refractivity contribution in [1.29, 1.82) is 0 Å². The maximum atomic E-state index is 6.16. The van der Waals surface area contributed by atoms with Gasteiger partial charge >= 0.3 is 0 Å². The van der Waals surface area contributed by atoms with E-state index < -0.39 is 0 Å². The minimum Gasteiger partial charge on any atom is -0.363 e. The van der Waals surface area contributed by atoms with Crippen LogP contribution in [-0.2, 0) is 6.42 Å². The quantitative estimate of drug-likeness (QED) is 0.856. The maximum Gasteiger partial charge on any atom is 0.0665 e. The molecule has 1 aromatic carbocycles. The number of rotatable bonds is 2. The molecule has 3 nitrogen and oxygen atoms in total. The molecular formula is C15H23N3. The first-order valence-electron chi connectivity index (χ1n) is 6.92. The van der Waals surface area contributed by atoms with E-state index in [1.54, 1.807) is 0 Å². The third kappa shape index (κ3) is 1.65. The van der Waals surface area contributed by atoms with Crippen LogP contribution in [0.4, 0.5) is 5.69 Å². The van der Waals surface area contributed by atoms with E-state index in [4.69, 9.17) is 5.73 Å². The van der Waals surface area contributed by atoms with Crippen molar-refractivity contribution in [2.24, 2.45) is 5.73 Å². The summed E-state index contributed by atoms with van der Waals surface area (Å²) in [5.41, 5.74) is 9.19. The third-order valence-electron chi connectivity index (χ3n) is 4.81. The fourth-order valence-electron chi connectivity index (χ4n) is 3.67. The molecule has 1 fully saturated rings. The monoisotopic (exact) mass is 245 g/mol. The topological polar surface area (TPSA) is 32.5 Å². The molecule has 1 aromatic rings. The zero-order chi connectivity index (χ0) is 12.8. The van der Waals surface area contributed by atoms with Gasteiger partial charge in [-0.25, -0.2) is 0 Å². The normalized spacial score (nSPS) is 31.9. The van der Waals surface area contributed by atoms with Crippen molar-refractivity contribution in [1.82, 2.24) is 4.90 Å². The molecule has 0 bridgehead atoms. The standard InChI is InChI=1S/C15H23N3/c1-12-9-15(10-16,11-17(12)2)18-8-7-13-5-3-4-6-14(13)18/h3-6,12H,7-11,16H2,1-2H3. The first-order valence-corrected chi connectivity index (χ1v) is 6.92. The molecule has 2 aliphatic heterocycles. The van der Waals surface area contributed by atoms with E-state index >= 15 is 0 Å². The predicted octanol–water partition coefficient (Wildman–Crippen LogP) is 1.47. The van der Waals surface area contributed by atoms with Crippen LogP contribution in [0.3, 0.4) is 0 Å². The van der Waals surface area contributed by atoms with Crippen molar-refractivity contribution in [3.05, 3.63) is 29.8 Å². The Bertz CT molecular complexity index is 433. The number of hydrogen-bond acceptors (Lipinski definition) is 3. The highest BCUT2D eigenvalue weighted by molar-refractivity contribution is 5.60. The second-order valence-electron chi connectivity index (χ2n) is 5.93. The first-order chi connectivity index (χ1) is 8.66. The molecule has 2 aliphatic rings. The van der Waals surface area contributed by atoms with Crippen LogP contribution in [0.25, 0.3) is 0 Å². The zero-order valence-corrected chi connectivity index (χ0v) is 11.4. The van der Waals surface area contributed by atoms with E-state index in [0.717, 1.165) is 26.1 Å². The molecule has 2 heterocycles. The summed E-state index contributed by atoms with van der Waals surface area (Å²) in [5.74, 6) is 0. The molecule has 2 unspecified atom stereocenters. The van der Waals surface area contributed by atoms with Gasteiger partial charge in [0.05, 0.1) is 5.54 Å². The molecule has 1 saturated heterocycles. The van der Waals surface area contributed by atoms with Crippen LogP contribution in [0.15, 0.2) is 24.3 Å². The Balaban J connectivity index is 1.95. The van der Waals surface area contributed by atoms with E-state index in [1.807, 2.05) is 0 Å². The Hall–Kier alpha value is -1.06. The van der Waals surface area contributed by atoms with Crippen molar-refractivity contribution in [2.45, 2.75) is 31.3 Å². The molecule has 3 heteroatoms. The Morgan fingerprint density at radius 2 is 2.17 bits per heavy atom. The summed E-state index contributed by atoms with van der Waals surface area (Å²) in [7, 11) is 2.21. The molecule has 0 spiro atoms. The minimum absolute atomic E-state index is 0.140. The molecule has 3 rings (SSSR count). The molecule has 0 aliphatic carbocycles. The number of nitrogens with two attached hydrogens (primary N) is 1. The number of likely N-dealkylation sites (tertiary alicyclic amines) is 1. The lowest BCUT2D eigenvalue weighted by atomic mass is 9.94. The fourth-order valence-corrected chi connectivity index (χ4v) is 3.67. The van der Waals surface area contributed by atoms with Crippen LogP contribution in [0.2, 0.25) is 0 Å². The molecule has 98 valence electrons. The van der Waals surface area contributed by atoms with Crippen molar-refractivity contribution >= 4 is 5.69 Å². The summed E-state index contributed by atoms with van der Waals surface area (Å²) in [6.45, 7) is 5.26. The van der Waals surface area contributed by atoms with Gasteiger partial charge in [-0.2, -0.15) is 0 Å². The van der Waals surface area contributed by atoms with E-state index in [0.29, 0.717) is 6.04 Å². The van der Waals surface area contributed by atoms with Crippen molar-refractivity contribution in [3.63, 3.8) is 0 Å². The van der Waals surface area contributed by atoms with Gasteiger partial charge in [0.1, 0.15) is 0 Å². The molecular weight excluding hydrogens is 222 g/mol. The van der Waals surface area contributed by atoms with Gasteiger partial charge in [0, 0.05) is 31.4 Å². The van der Waals surface area contributed by atoms with Crippen LogP contribution < -0.4 is 10.6 Å². The van der Waals surface area contributed by atoms with Crippen LogP contribution >= 0.6 is 0 Å². The van der Waals surface area contributed by atoms with Crippen molar-refractivity contribution in [3.8, 4) is 0 Å². The largest absolute Gasteiger partial charge is 0.363 e. The Morgan fingerprint density at radius 3 is 2.83 bits per heavy atom. The van der Waals surface area contributed by atoms with Crippen molar-refractivity contribution in [2.75, 3.05) is 31.6 Å². The summed E-state index contributed by atoms with van der Waals surface area (Å²) >= 11 is 0. The summed E-state index contributed by atoms with van der Waals surface area (Å²) in [4.78, 5) is 5.01. The van der Waals surface area contributed by atoms with E-state index in [1.165, 1.54) is 17.7 Å². The SMILES string of the molecule is CC1CC(CN)(N2CCc3ccccc32)CN1C. The molecule has 0 aromatic heterocycles. The van der Waals surface area contributed by atoms with E-state index in [9.17, 15) is 0 Å². The van der Waals surface area contributed by atoms with Crippen LogP contribution in [-0.4, -0.2) is 43.2 Å². The number of hydrogen-bond donors (Lipinski definition) is 1. The average molecular weight is 245 g/mol. The van der Waals surface area contributed by atoms with Gasteiger partial charge in [-0.05, 0) is 38.4 Å². The smallest absolute Gasteiger partial charge is 0.0665 e. The van der Waals surface area contributed by atoms with Crippen LogP contribution in [0, 0.1) is 0 Å². The summed E-state index contributed by atoms with van der Waals surface area (Å²) in [5, 5.41) is 0. The van der Waals surface area contributed by atoms with Gasteiger partial charge in [-0.1, -0.05) is 18.2 Å². The second-order valence-corrected chi connectivity index (χ2v) is 5.93. The number of nitrogens with zero attached hydrogens (tertiary/aromatic N) is 2. The number of anilines is 1. The zero-order valence-electron chi connectivity index (χ0n) is 11.4. The molecule has 18 heavy (non-hydrogen) atoms. The lowest BCUT2D eigenvalue weighted by Crippen LogP contribution is -2.55. The molecule has 2 atom stereocenters. The van der Waals surface area contributed by atoms with E-state index in [2.05, 4.69) is 48.0 Å². The summed E-state index contributed by atoms with van der Waals surface area (Å²) in [6, 6.07) is 9.41. The molecule has 0 amide bonds. The Labute approximate surface area is 110 Å². The highest BCUT2D eigenvalue weighted by Crippen LogP contribution is 2.39. The van der Waals surface area contributed by atoms with Gasteiger partial charge in [-0.3, -0.25) is 0 Å².